The lowest BCUT2D eigenvalue weighted by atomic mass is 9.50. The molecule has 3 saturated heterocycles. The summed E-state index contributed by atoms with van der Waals surface area (Å²) >= 11 is 0. The molecule has 4 heterocycles. The van der Waals surface area contributed by atoms with Gasteiger partial charge < -0.3 is 4.43 Å². The highest BCUT2D eigenvalue weighted by Crippen LogP contribution is 2.59. The van der Waals surface area contributed by atoms with Crippen molar-refractivity contribution in [1.82, 2.24) is 9.21 Å². The third kappa shape index (κ3) is 5.65. The number of hydrogen-bond acceptors (Lipinski definition) is 6. The molecule has 1 unspecified atom stereocenters. The third-order valence-electron chi connectivity index (χ3n) is 12.0. The number of rotatable bonds is 6. The molecular weight excluding hydrogens is 661 g/mol. The molecule has 5 aliphatic rings. The molecule has 4 aliphatic heterocycles. The number of benzene rings is 3. The number of carbonyl (C=O) groups is 2. The molecule has 50 heavy (non-hydrogen) atoms. The standard InChI is InChI=1S/C41H50N2O5SSi/c1-30-21-23-31(24-22-30)49(46,47)43-29-36(48-50(40(2,3)4,32-17-11-9-12-18-32)33-19-13-10-14-20-33)38-34-28-42-26-16-8-6-5-7-15-25-41(38,39(43)45)37(42)27-35(34)44/h5-6,9-14,17-24,34,36-38H,7-8,15-16,25-29H2,1-4H3/b6-5-/t34-,36+,37+,38-,41-/m1/s1. The Morgan fingerprint density at radius 1 is 0.820 bits per heavy atom. The first-order valence-corrected chi connectivity index (χ1v) is 21.6. The number of allylic oxidation sites excluding steroid dienone is 2. The lowest BCUT2D eigenvalue weighted by molar-refractivity contribution is -0.196. The molecule has 1 amide bonds. The topological polar surface area (TPSA) is 84.0 Å². The zero-order chi connectivity index (χ0) is 35.3. The second-order valence-electron chi connectivity index (χ2n) is 15.8. The van der Waals surface area contributed by atoms with Crippen molar-refractivity contribution in [3.8, 4) is 0 Å². The van der Waals surface area contributed by atoms with Crippen LogP contribution in [-0.4, -0.2) is 69.4 Å². The maximum Gasteiger partial charge on any atom is 0.266 e. The SMILES string of the molecule is Cc1ccc(S(=O)(=O)N2C[C@H](O[Si](c3ccccc3)(c3ccccc3)C(C)(C)C)[C@H]3[C@@H]4CN5CCC/C=C\CCC[C@@]3(C2=O)[C@@H]5CC4=O)cc1. The highest BCUT2D eigenvalue weighted by Gasteiger charge is 2.70. The number of piperidine rings is 3. The fraction of sp³-hybridized carbons (Fsp3) is 0.463. The van der Waals surface area contributed by atoms with Crippen molar-refractivity contribution < 1.29 is 22.4 Å². The van der Waals surface area contributed by atoms with Gasteiger partial charge in [-0.1, -0.05) is 111 Å². The number of ketones is 1. The van der Waals surface area contributed by atoms with E-state index in [1.807, 2.05) is 43.3 Å². The van der Waals surface area contributed by atoms with Gasteiger partial charge in [-0.25, -0.2) is 12.7 Å². The van der Waals surface area contributed by atoms with Crippen molar-refractivity contribution in [2.75, 3.05) is 19.6 Å². The molecular formula is C41H50N2O5SSi. The maximum atomic E-state index is 15.4. The normalized spacial score (nSPS) is 29.6. The number of amides is 1. The molecule has 3 aromatic carbocycles. The summed E-state index contributed by atoms with van der Waals surface area (Å²) < 4.78 is 38.5. The lowest BCUT2D eigenvalue weighted by Crippen LogP contribution is -2.78. The van der Waals surface area contributed by atoms with Gasteiger partial charge in [-0.05, 0) is 73.1 Å². The van der Waals surface area contributed by atoms with Gasteiger partial charge in [0.15, 0.2) is 0 Å². The van der Waals surface area contributed by atoms with Crippen molar-refractivity contribution in [2.45, 2.75) is 88.3 Å². The number of fused-ring (bicyclic) bond motifs is 1. The summed E-state index contributed by atoms with van der Waals surface area (Å²) in [6.07, 6.45) is 7.92. The highest BCUT2D eigenvalue weighted by molar-refractivity contribution is 7.89. The molecule has 1 spiro atoms. The molecule has 8 rings (SSSR count). The average molecular weight is 711 g/mol. The molecule has 7 nitrogen and oxygen atoms in total. The molecule has 1 saturated carbocycles. The van der Waals surface area contributed by atoms with Crippen LogP contribution in [0.3, 0.4) is 0 Å². The van der Waals surface area contributed by atoms with Gasteiger partial charge in [0.1, 0.15) is 5.78 Å². The van der Waals surface area contributed by atoms with E-state index in [-0.39, 0.29) is 40.6 Å². The van der Waals surface area contributed by atoms with Crippen LogP contribution in [0.25, 0.3) is 0 Å². The second-order valence-corrected chi connectivity index (χ2v) is 21.9. The van der Waals surface area contributed by atoms with Crippen LogP contribution < -0.4 is 10.4 Å². The first kappa shape index (κ1) is 35.0. The molecule has 0 aromatic heterocycles. The summed E-state index contributed by atoms with van der Waals surface area (Å²) in [4.78, 5) is 32.0. The minimum Gasteiger partial charge on any atom is -0.402 e. The largest absolute Gasteiger partial charge is 0.402 e. The van der Waals surface area contributed by atoms with Crippen LogP contribution >= 0.6 is 0 Å². The Hall–Kier alpha value is -3.37. The minimum atomic E-state index is -4.25. The van der Waals surface area contributed by atoms with Crippen LogP contribution in [0, 0.1) is 24.2 Å². The summed E-state index contributed by atoms with van der Waals surface area (Å²) in [5, 5.41) is 1.78. The van der Waals surface area contributed by atoms with Gasteiger partial charge in [-0.2, -0.15) is 0 Å². The summed E-state index contributed by atoms with van der Waals surface area (Å²) in [5.74, 6) is -1.03. The summed E-state index contributed by atoms with van der Waals surface area (Å²) in [6, 6.07) is 27.1. The van der Waals surface area contributed by atoms with Crippen molar-refractivity contribution in [3.05, 3.63) is 103 Å². The Labute approximate surface area is 298 Å². The fourth-order valence-corrected chi connectivity index (χ4v) is 15.9. The van der Waals surface area contributed by atoms with E-state index in [9.17, 15) is 13.2 Å². The van der Waals surface area contributed by atoms with Crippen LogP contribution in [0.2, 0.25) is 5.04 Å². The monoisotopic (exact) mass is 710 g/mol. The van der Waals surface area contributed by atoms with Gasteiger partial charge in [0.25, 0.3) is 18.3 Å². The van der Waals surface area contributed by atoms with E-state index < -0.39 is 41.7 Å². The molecule has 0 radical (unpaired) electrons. The number of hydrogen-bond donors (Lipinski definition) is 0. The van der Waals surface area contributed by atoms with E-state index in [2.05, 4.69) is 62.1 Å². The van der Waals surface area contributed by atoms with Gasteiger partial charge in [-0.15, -0.1) is 0 Å². The van der Waals surface area contributed by atoms with Gasteiger partial charge in [0, 0.05) is 30.8 Å². The smallest absolute Gasteiger partial charge is 0.266 e. The van der Waals surface area contributed by atoms with E-state index in [1.54, 1.807) is 24.3 Å². The Balaban J connectivity index is 1.46. The number of nitrogens with zero attached hydrogens (tertiary/aromatic N) is 2. The van der Waals surface area contributed by atoms with Gasteiger partial charge in [0.2, 0.25) is 5.91 Å². The van der Waals surface area contributed by atoms with E-state index in [0.717, 1.165) is 52.5 Å². The third-order valence-corrected chi connectivity index (χ3v) is 18.8. The number of carbonyl (C=O) groups excluding carboxylic acids is 2. The number of sulfonamides is 1. The van der Waals surface area contributed by atoms with E-state index >= 15 is 4.79 Å². The van der Waals surface area contributed by atoms with Crippen molar-refractivity contribution in [3.63, 3.8) is 0 Å². The zero-order valence-corrected chi connectivity index (χ0v) is 31.6. The van der Waals surface area contributed by atoms with Crippen LogP contribution in [0.4, 0.5) is 0 Å². The first-order valence-electron chi connectivity index (χ1n) is 18.3. The van der Waals surface area contributed by atoms with Gasteiger partial charge >= 0.3 is 0 Å². The van der Waals surface area contributed by atoms with Crippen molar-refractivity contribution in [2.24, 2.45) is 17.3 Å². The maximum absolute atomic E-state index is 15.4. The molecule has 264 valence electrons. The van der Waals surface area contributed by atoms with Crippen LogP contribution in [0.5, 0.6) is 0 Å². The van der Waals surface area contributed by atoms with E-state index in [1.165, 1.54) is 0 Å². The quantitative estimate of drug-likeness (QED) is 0.235. The Morgan fingerprint density at radius 2 is 1.42 bits per heavy atom. The molecule has 3 aromatic rings. The summed E-state index contributed by atoms with van der Waals surface area (Å²) in [6.45, 7) is 9.78. The van der Waals surface area contributed by atoms with Gasteiger partial charge in [-0.3, -0.25) is 14.5 Å². The first-order chi connectivity index (χ1) is 23.9. The van der Waals surface area contributed by atoms with Crippen molar-refractivity contribution >= 4 is 40.4 Å². The average Bonchev–Trinajstić information content (AvgIpc) is 3.12. The van der Waals surface area contributed by atoms with Gasteiger partial charge in [0.05, 0.1) is 23.0 Å². The molecule has 9 heteroatoms. The molecule has 4 fully saturated rings. The molecule has 6 atom stereocenters. The summed E-state index contributed by atoms with van der Waals surface area (Å²) in [7, 11) is -7.47. The zero-order valence-electron chi connectivity index (χ0n) is 29.8. The van der Waals surface area contributed by atoms with Crippen molar-refractivity contribution in [1.29, 1.82) is 0 Å². The van der Waals surface area contributed by atoms with E-state index in [0.29, 0.717) is 13.0 Å². The predicted molar refractivity (Wildman–Crippen MR) is 199 cm³/mol. The highest BCUT2D eigenvalue weighted by atomic mass is 32.2. The fourth-order valence-electron chi connectivity index (χ4n) is 9.75. The predicted octanol–water partition coefficient (Wildman–Crippen LogP) is 5.87. The number of aryl methyl sites for hydroxylation is 1. The second kappa shape index (κ2) is 13.3. The molecule has 1 aliphatic carbocycles. The van der Waals surface area contributed by atoms with Crippen LogP contribution in [0.1, 0.15) is 64.9 Å². The number of Topliss-reactive ketones (excluding diaryl/α,β-unsaturated/α-hetero) is 1. The molecule has 0 N–H and O–H groups in total. The Bertz CT molecular complexity index is 1820. The summed E-state index contributed by atoms with van der Waals surface area (Å²) in [5.41, 5.74) is -0.142. The minimum absolute atomic E-state index is 0.101. The van der Waals surface area contributed by atoms with Crippen LogP contribution in [0.15, 0.2) is 102 Å². The molecule has 4 bridgehead atoms. The van der Waals surface area contributed by atoms with E-state index in [4.69, 9.17) is 4.43 Å². The Morgan fingerprint density at radius 3 is 2.02 bits per heavy atom. The lowest BCUT2D eigenvalue weighted by Gasteiger charge is -2.65. The Kier molecular flexibility index (Phi) is 9.33. The van der Waals surface area contributed by atoms with Crippen LogP contribution in [-0.2, 0) is 24.0 Å².